The van der Waals surface area contributed by atoms with E-state index >= 15 is 4.39 Å². The minimum atomic E-state index is -4.68. The van der Waals surface area contributed by atoms with Crippen molar-refractivity contribution in [3.05, 3.63) is 65.2 Å². The molecule has 5 aromatic rings. The van der Waals surface area contributed by atoms with Crippen LogP contribution in [0.1, 0.15) is 62.5 Å². The van der Waals surface area contributed by atoms with Gasteiger partial charge in [0.25, 0.3) is 0 Å². The Morgan fingerprint density at radius 3 is 2.70 bits per heavy atom. The topological polar surface area (TPSA) is 122 Å². The second-order valence-electron chi connectivity index (χ2n) is 15.4. The normalized spacial score (nSPS) is 23.7. The number of benzene rings is 2. The summed E-state index contributed by atoms with van der Waals surface area (Å²) in [6.07, 6.45) is 1.70. The molecular formula is C40H41F5N8O3. The number of nitrogens with one attached hydrogen (secondary N) is 1. The summed E-state index contributed by atoms with van der Waals surface area (Å²) < 4.78 is 84.1. The molecule has 0 spiro atoms. The predicted molar refractivity (Wildman–Crippen MR) is 198 cm³/mol. The zero-order valence-electron chi connectivity index (χ0n) is 31.0. The lowest BCUT2D eigenvalue weighted by Crippen LogP contribution is -2.56. The Labute approximate surface area is 319 Å². The van der Waals surface area contributed by atoms with Crippen molar-refractivity contribution in [1.82, 2.24) is 35.1 Å². The van der Waals surface area contributed by atoms with Crippen LogP contribution < -0.4 is 19.7 Å². The number of hydrogen-bond acceptors (Lipinski definition) is 11. The summed E-state index contributed by atoms with van der Waals surface area (Å²) in [6.45, 7) is 6.22. The Bertz CT molecular complexity index is 2350. The molecule has 0 saturated carbocycles. The summed E-state index contributed by atoms with van der Waals surface area (Å²) in [5.74, 6) is -2.10. The number of phenols is 1. The van der Waals surface area contributed by atoms with E-state index in [1.807, 2.05) is 0 Å². The fourth-order valence-corrected chi connectivity index (χ4v) is 9.32. The van der Waals surface area contributed by atoms with Gasteiger partial charge in [-0.3, -0.25) is 4.90 Å². The highest BCUT2D eigenvalue weighted by molar-refractivity contribution is 6.02. The standard InChI is InChI=1S/C40H41F5N8O3/c1-3-23-18-52-24(17-47-23)6-8-29-32-35(33(42)34(48-29)27-16-26(54)15-22-5-7-28(41)21(2)31(22)27)50-38(51-36(32)52)56-20-39-11-4-14-53(39)25(9-12-39)19-55-30-10-13-46-37(49-30)40(43,44)45/h5,7,10,13,15-16,23-25,47,54H,3-4,6,8-9,11-12,14,17-20H2,1-2H3/t23-,24-,25+,39+/m1/s1. The minimum Gasteiger partial charge on any atom is -0.508 e. The molecule has 4 aliphatic rings. The number of pyridine rings is 1. The molecule has 16 heteroatoms. The summed E-state index contributed by atoms with van der Waals surface area (Å²) in [6, 6.07) is 7.33. The lowest BCUT2D eigenvalue weighted by Gasteiger charge is -2.40. The number of fused-ring (bicyclic) bond motifs is 4. The molecule has 3 fully saturated rings. The van der Waals surface area contributed by atoms with Gasteiger partial charge in [0.2, 0.25) is 11.7 Å². The largest absolute Gasteiger partial charge is 0.508 e. The number of aromatic hydroxyl groups is 1. The van der Waals surface area contributed by atoms with E-state index in [9.17, 15) is 22.7 Å². The highest BCUT2D eigenvalue weighted by Gasteiger charge is 2.50. The van der Waals surface area contributed by atoms with E-state index in [2.05, 4.69) is 32.0 Å². The first-order valence-electron chi connectivity index (χ1n) is 19.2. The Balaban J connectivity index is 1.08. The third kappa shape index (κ3) is 6.30. The quantitative estimate of drug-likeness (QED) is 0.160. The molecule has 4 atom stereocenters. The molecule has 3 aromatic heterocycles. The Hall–Kier alpha value is -4.96. The number of nitrogens with zero attached hydrogens (tertiary/aromatic N) is 7. The second kappa shape index (κ2) is 13.9. The van der Waals surface area contributed by atoms with Crippen molar-refractivity contribution in [3.8, 4) is 28.9 Å². The number of alkyl halides is 3. The summed E-state index contributed by atoms with van der Waals surface area (Å²) in [5.41, 5.74) is 0.812. The molecule has 7 heterocycles. The number of phenolic OH excluding ortho intramolecular Hbond substituents is 1. The molecule has 0 amide bonds. The van der Waals surface area contributed by atoms with Gasteiger partial charge >= 0.3 is 12.2 Å². The van der Waals surface area contributed by atoms with Crippen LogP contribution >= 0.6 is 0 Å². The smallest absolute Gasteiger partial charge is 0.451 e. The summed E-state index contributed by atoms with van der Waals surface area (Å²) >= 11 is 0. The van der Waals surface area contributed by atoms with Crippen LogP contribution in [0.5, 0.6) is 17.6 Å². The lowest BCUT2D eigenvalue weighted by atomic mass is 9.95. The van der Waals surface area contributed by atoms with Gasteiger partial charge in [-0.25, -0.2) is 18.7 Å². The maximum atomic E-state index is 17.3. The van der Waals surface area contributed by atoms with Gasteiger partial charge in [-0.15, -0.1) is 0 Å². The third-order valence-electron chi connectivity index (χ3n) is 12.2. The SMILES string of the molecule is CC[C@@H]1CN2c3nc(OC[C@@]45CCCN4[C@H](COc4ccnc(C(F)(F)F)n4)CC5)nc4c(F)c(-c5cc(O)cc6ccc(F)c(C)c56)nc(c34)CC[C@@H]2CN1. The highest BCUT2D eigenvalue weighted by Crippen LogP contribution is 2.45. The van der Waals surface area contributed by atoms with Crippen molar-refractivity contribution in [3.63, 3.8) is 0 Å². The number of ether oxygens (including phenoxy) is 2. The third-order valence-corrected chi connectivity index (χ3v) is 12.2. The van der Waals surface area contributed by atoms with Crippen molar-refractivity contribution in [1.29, 1.82) is 0 Å². The number of aromatic nitrogens is 5. The van der Waals surface area contributed by atoms with Crippen molar-refractivity contribution < 1.29 is 36.5 Å². The van der Waals surface area contributed by atoms with Crippen LogP contribution in [0.2, 0.25) is 0 Å². The average Bonchev–Trinajstić information content (AvgIpc) is 3.71. The van der Waals surface area contributed by atoms with Crippen molar-refractivity contribution >= 4 is 27.5 Å². The van der Waals surface area contributed by atoms with Crippen LogP contribution in [-0.2, 0) is 12.6 Å². The number of hydrogen-bond donors (Lipinski definition) is 2. The minimum absolute atomic E-state index is 0.0197. The fourth-order valence-electron chi connectivity index (χ4n) is 9.32. The lowest BCUT2D eigenvalue weighted by molar-refractivity contribution is -0.145. The average molecular weight is 777 g/mol. The molecule has 3 saturated heterocycles. The zero-order chi connectivity index (χ0) is 38.9. The zero-order valence-corrected chi connectivity index (χ0v) is 31.0. The number of anilines is 1. The summed E-state index contributed by atoms with van der Waals surface area (Å²) in [4.78, 5) is 26.0. The molecule has 56 heavy (non-hydrogen) atoms. The van der Waals surface area contributed by atoms with E-state index in [0.29, 0.717) is 52.7 Å². The van der Waals surface area contributed by atoms with Gasteiger partial charge in [0.15, 0.2) is 5.82 Å². The van der Waals surface area contributed by atoms with Gasteiger partial charge in [-0.2, -0.15) is 28.1 Å². The van der Waals surface area contributed by atoms with Crippen LogP contribution in [0.3, 0.4) is 0 Å². The Morgan fingerprint density at radius 2 is 1.88 bits per heavy atom. The maximum Gasteiger partial charge on any atom is 0.451 e. The van der Waals surface area contributed by atoms with E-state index < -0.39 is 29.2 Å². The van der Waals surface area contributed by atoms with Gasteiger partial charge in [0.1, 0.15) is 41.8 Å². The van der Waals surface area contributed by atoms with E-state index in [4.69, 9.17) is 24.4 Å². The van der Waals surface area contributed by atoms with Crippen LogP contribution in [0, 0.1) is 18.6 Å². The Morgan fingerprint density at radius 1 is 1.02 bits per heavy atom. The van der Waals surface area contributed by atoms with Gasteiger partial charge in [0, 0.05) is 49.0 Å². The summed E-state index contributed by atoms with van der Waals surface area (Å²) in [7, 11) is 0. The number of halogens is 5. The van der Waals surface area contributed by atoms with E-state index in [1.54, 1.807) is 13.0 Å². The first-order valence-corrected chi connectivity index (χ1v) is 19.2. The van der Waals surface area contributed by atoms with Crippen LogP contribution in [-0.4, -0.2) is 91.4 Å². The monoisotopic (exact) mass is 776 g/mol. The maximum absolute atomic E-state index is 17.3. The number of rotatable bonds is 8. The van der Waals surface area contributed by atoms with Crippen molar-refractivity contribution in [2.45, 2.75) is 88.6 Å². The van der Waals surface area contributed by atoms with E-state index in [0.717, 1.165) is 51.3 Å². The van der Waals surface area contributed by atoms with E-state index in [1.165, 1.54) is 24.3 Å². The van der Waals surface area contributed by atoms with Crippen LogP contribution in [0.15, 0.2) is 36.5 Å². The highest BCUT2D eigenvalue weighted by atomic mass is 19.4. The molecule has 11 nitrogen and oxygen atoms in total. The molecule has 0 bridgehead atoms. The van der Waals surface area contributed by atoms with Gasteiger partial charge < -0.3 is 24.8 Å². The first-order chi connectivity index (χ1) is 26.9. The molecule has 294 valence electrons. The molecule has 9 rings (SSSR count). The van der Waals surface area contributed by atoms with Crippen LogP contribution in [0.4, 0.5) is 27.8 Å². The van der Waals surface area contributed by atoms with E-state index in [-0.39, 0.29) is 65.8 Å². The van der Waals surface area contributed by atoms with Crippen molar-refractivity contribution in [2.24, 2.45) is 0 Å². The van der Waals surface area contributed by atoms with Gasteiger partial charge in [0.05, 0.1) is 16.6 Å². The second-order valence-corrected chi connectivity index (χ2v) is 15.4. The Kier molecular flexibility index (Phi) is 9.10. The molecule has 4 aliphatic heterocycles. The molecule has 0 unspecified atom stereocenters. The van der Waals surface area contributed by atoms with Crippen molar-refractivity contribution in [2.75, 3.05) is 37.7 Å². The molecule has 2 aromatic carbocycles. The van der Waals surface area contributed by atoms with Gasteiger partial charge in [-0.1, -0.05) is 13.0 Å². The molecule has 0 radical (unpaired) electrons. The predicted octanol–water partition coefficient (Wildman–Crippen LogP) is 6.90. The summed E-state index contributed by atoms with van der Waals surface area (Å²) in [5, 5.41) is 15.9. The fraction of sp³-hybridized carbons (Fsp3) is 0.475. The van der Waals surface area contributed by atoms with Crippen LogP contribution in [0.25, 0.3) is 32.9 Å². The van der Waals surface area contributed by atoms with Gasteiger partial charge in [-0.05, 0) is 92.9 Å². The molecule has 0 aliphatic carbocycles. The number of piperazine rings is 1. The molecular weight excluding hydrogens is 735 g/mol. The first kappa shape index (κ1) is 36.7. The molecule has 2 N–H and O–H groups in total. The number of aryl methyl sites for hydroxylation is 2.